The normalized spacial score (nSPS) is 10.3. The van der Waals surface area contributed by atoms with Crippen molar-refractivity contribution >= 4 is 23.2 Å². The zero-order chi connectivity index (χ0) is 14.7. The molecule has 1 aromatic carbocycles. The molecule has 0 saturated heterocycles. The largest absolute Gasteiger partial charge is 0.319 e. The summed E-state index contributed by atoms with van der Waals surface area (Å²) in [5.41, 5.74) is 1.65. The van der Waals surface area contributed by atoms with Crippen molar-refractivity contribution in [3.05, 3.63) is 66.2 Å². The van der Waals surface area contributed by atoms with Crippen LogP contribution in [0, 0.1) is 0 Å². The molecule has 0 spiro atoms. The van der Waals surface area contributed by atoms with Crippen molar-refractivity contribution in [2.45, 2.75) is 0 Å². The first kappa shape index (κ1) is 13.3. The second-order valence-electron chi connectivity index (χ2n) is 4.17. The van der Waals surface area contributed by atoms with Crippen LogP contribution in [0.2, 0.25) is 5.15 Å². The van der Waals surface area contributed by atoms with Gasteiger partial charge in [-0.3, -0.25) is 4.79 Å². The summed E-state index contributed by atoms with van der Waals surface area (Å²) in [5, 5.41) is 3.04. The van der Waals surface area contributed by atoms with E-state index >= 15 is 0 Å². The topological polar surface area (TPSA) is 72.7 Å². The van der Waals surface area contributed by atoms with Crippen LogP contribution in [-0.2, 0) is 0 Å². The SMILES string of the molecule is O=C(Nc1ccccc1-n1ccnc1)c1cnc(Cl)cn1. The lowest BCUT2D eigenvalue weighted by atomic mass is 10.2. The van der Waals surface area contributed by atoms with Gasteiger partial charge in [0.15, 0.2) is 0 Å². The third kappa shape index (κ3) is 2.90. The van der Waals surface area contributed by atoms with E-state index in [0.717, 1.165) is 5.69 Å². The first-order chi connectivity index (χ1) is 10.2. The second-order valence-corrected chi connectivity index (χ2v) is 4.55. The van der Waals surface area contributed by atoms with Crippen LogP contribution in [0.4, 0.5) is 5.69 Å². The Morgan fingerprint density at radius 3 is 2.76 bits per heavy atom. The van der Waals surface area contributed by atoms with E-state index in [2.05, 4.69) is 20.3 Å². The van der Waals surface area contributed by atoms with Crippen molar-refractivity contribution in [3.8, 4) is 5.69 Å². The lowest BCUT2D eigenvalue weighted by molar-refractivity contribution is 0.102. The van der Waals surface area contributed by atoms with E-state index in [1.165, 1.54) is 12.4 Å². The molecule has 1 amide bonds. The summed E-state index contributed by atoms with van der Waals surface area (Å²) in [4.78, 5) is 23.9. The van der Waals surface area contributed by atoms with Gasteiger partial charge in [-0.15, -0.1) is 0 Å². The summed E-state index contributed by atoms with van der Waals surface area (Å²) in [7, 11) is 0. The number of nitrogens with zero attached hydrogens (tertiary/aromatic N) is 4. The molecule has 1 N–H and O–H groups in total. The van der Waals surface area contributed by atoms with Gasteiger partial charge in [0, 0.05) is 12.4 Å². The van der Waals surface area contributed by atoms with Crippen LogP contribution in [0.5, 0.6) is 0 Å². The minimum Gasteiger partial charge on any atom is -0.319 e. The van der Waals surface area contributed by atoms with Gasteiger partial charge < -0.3 is 9.88 Å². The molecule has 6 nitrogen and oxygen atoms in total. The fraction of sp³-hybridized carbons (Fsp3) is 0. The van der Waals surface area contributed by atoms with Crippen LogP contribution in [0.25, 0.3) is 5.69 Å². The van der Waals surface area contributed by atoms with E-state index < -0.39 is 0 Å². The van der Waals surface area contributed by atoms with Crippen LogP contribution < -0.4 is 5.32 Å². The molecule has 2 heterocycles. The van der Waals surface area contributed by atoms with E-state index in [9.17, 15) is 4.79 Å². The van der Waals surface area contributed by atoms with Crippen molar-refractivity contribution in [2.75, 3.05) is 5.32 Å². The number of imidazole rings is 1. The van der Waals surface area contributed by atoms with Gasteiger partial charge in [-0.05, 0) is 12.1 Å². The molecule has 0 aliphatic carbocycles. The van der Waals surface area contributed by atoms with Crippen molar-refractivity contribution < 1.29 is 4.79 Å². The average molecular weight is 300 g/mol. The number of hydrogen-bond donors (Lipinski definition) is 1. The average Bonchev–Trinajstić information content (AvgIpc) is 3.02. The van der Waals surface area contributed by atoms with Gasteiger partial charge in [0.05, 0.1) is 30.1 Å². The number of benzene rings is 1. The van der Waals surface area contributed by atoms with Crippen molar-refractivity contribution in [3.63, 3.8) is 0 Å². The lowest BCUT2D eigenvalue weighted by Gasteiger charge is -2.11. The number of amides is 1. The first-order valence-electron chi connectivity index (χ1n) is 6.10. The number of aromatic nitrogens is 4. The monoisotopic (exact) mass is 299 g/mol. The Bertz CT molecular complexity index is 755. The quantitative estimate of drug-likeness (QED) is 0.806. The predicted molar refractivity (Wildman–Crippen MR) is 78.6 cm³/mol. The van der Waals surface area contributed by atoms with Gasteiger partial charge in [0.2, 0.25) is 0 Å². The Kier molecular flexibility index (Phi) is 3.61. The Balaban J connectivity index is 1.88. The molecule has 0 atom stereocenters. The van der Waals surface area contributed by atoms with Gasteiger partial charge in [-0.1, -0.05) is 23.7 Å². The summed E-state index contributed by atoms with van der Waals surface area (Å²) < 4.78 is 1.81. The van der Waals surface area contributed by atoms with Gasteiger partial charge in [0.25, 0.3) is 5.91 Å². The van der Waals surface area contributed by atoms with E-state index in [1.807, 2.05) is 22.8 Å². The molecular formula is C14H10ClN5O. The molecule has 0 saturated carbocycles. The third-order valence-electron chi connectivity index (χ3n) is 2.79. The summed E-state index contributed by atoms with van der Waals surface area (Å²) in [5.74, 6) is -0.355. The standard InChI is InChI=1S/C14H10ClN5O/c15-13-8-17-11(7-18-13)14(21)19-10-3-1-2-4-12(10)20-6-5-16-9-20/h1-9H,(H,19,21). The minimum absolute atomic E-state index is 0.194. The summed E-state index contributed by atoms with van der Waals surface area (Å²) in [6.07, 6.45) is 7.79. The van der Waals surface area contributed by atoms with Gasteiger partial charge in [-0.2, -0.15) is 0 Å². The Morgan fingerprint density at radius 1 is 1.19 bits per heavy atom. The van der Waals surface area contributed by atoms with Crippen molar-refractivity contribution in [1.82, 2.24) is 19.5 Å². The van der Waals surface area contributed by atoms with Crippen molar-refractivity contribution in [1.29, 1.82) is 0 Å². The Hall–Kier alpha value is -2.73. The van der Waals surface area contributed by atoms with Crippen LogP contribution in [0.3, 0.4) is 0 Å². The molecule has 0 unspecified atom stereocenters. The highest BCUT2D eigenvalue weighted by Crippen LogP contribution is 2.20. The molecule has 21 heavy (non-hydrogen) atoms. The number of rotatable bonds is 3. The molecule has 0 aliphatic heterocycles. The molecular weight excluding hydrogens is 290 g/mol. The predicted octanol–water partition coefficient (Wildman–Crippen LogP) is 2.57. The van der Waals surface area contributed by atoms with Gasteiger partial charge in [-0.25, -0.2) is 15.0 Å². The minimum atomic E-state index is -0.355. The molecule has 0 fully saturated rings. The van der Waals surface area contributed by atoms with Crippen molar-refractivity contribution in [2.24, 2.45) is 0 Å². The van der Waals surface area contributed by atoms with E-state index in [0.29, 0.717) is 5.69 Å². The van der Waals surface area contributed by atoms with Crippen LogP contribution in [-0.4, -0.2) is 25.4 Å². The molecule has 0 bridgehead atoms. The fourth-order valence-electron chi connectivity index (χ4n) is 1.82. The zero-order valence-electron chi connectivity index (χ0n) is 10.8. The molecule has 2 aromatic heterocycles. The lowest BCUT2D eigenvalue weighted by Crippen LogP contribution is -2.15. The Morgan fingerprint density at radius 2 is 2.05 bits per heavy atom. The number of halogens is 1. The van der Waals surface area contributed by atoms with Gasteiger partial charge in [0.1, 0.15) is 10.8 Å². The number of carbonyl (C=O) groups is 1. The second kappa shape index (κ2) is 5.72. The fourth-order valence-corrected chi connectivity index (χ4v) is 1.92. The van der Waals surface area contributed by atoms with E-state index in [-0.39, 0.29) is 16.8 Å². The molecule has 0 aliphatic rings. The number of nitrogens with one attached hydrogen (secondary N) is 1. The van der Waals surface area contributed by atoms with E-state index in [4.69, 9.17) is 11.6 Å². The number of carbonyl (C=O) groups excluding carboxylic acids is 1. The maximum atomic E-state index is 12.2. The summed E-state index contributed by atoms with van der Waals surface area (Å²) in [6.45, 7) is 0. The smallest absolute Gasteiger partial charge is 0.275 e. The highest BCUT2D eigenvalue weighted by Gasteiger charge is 2.11. The third-order valence-corrected chi connectivity index (χ3v) is 2.98. The number of anilines is 1. The maximum absolute atomic E-state index is 12.2. The highest BCUT2D eigenvalue weighted by atomic mass is 35.5. The Labute approximate surface area is 125 Å². The van der Waals surface area contributed by atoms with Crippen LogP contribution >= 0.6 is 11.6 Å². The zero-order valence-corrected chi connectivity index (χ0v) is 11.5. The highest BCUT2D eigenvalue weighted by molar-refractivity contribution is 6.29. The molecule has 3 rings (SSSR count). The molecule has 0 radical (unpaired) electrons. The molecule has 7 heteroatoms. The molecule has 104 valence electrons. The summed E-state index contributed by atoms with van der Waals surface area (Å²) in [6, 6.07) is 7.40. The van der Waals surface area contributed by atoms with Gasteiger partial charge >= 0.3 is 0 Å². The van der Waals surface area contributed by atoms with E-state index in [1.54, 1.807) is 24.8 Å². The summed E-state index contributed by atoms with van der Waals surface area (Å²) >= 11 is 5.65. The molecule has 3 aromatic rings. The van der Waals surface area contributed by atoms with Crippen LogP contribution in [0.15, 0.2) is 55.4 Å². The maximum Gasteiger partial charge on any atom is 0.275 e. The van der Waals surface area contributed by atoms with Crippen LogP contribution in [0.1, 0.15) is 10.5 Å². The number of para-hydroxylation sites is 2. The first-order valence-corrected chi connectivity index (χ1v) is 6.48. The number of hydrogen-bond acceptors (Lipinski definition) is 4.